The van der Waals surface area contributed by atoms with E-state index in [1.54, 1.807) is 0 Å². The lowest BCUT2D eigenvalue weighted by molar-refractivity contribution is 0.212. The van der Waals surface area contributed by atoms with Gasteiger partial charge in [-0.25, -0.2) is 4.68 Å². The van der Waals surface area contributed by atoms with Crippen molar-refractivity contribution in [2.24, 2.45) is 0 Å². The van der Waals surface area contributed by atoms with Crippen molar-refractivity contribution in [3.05, 3.63) is 114 Å². The van der Waals surface area contributed by atoms with Crippen LogP contribution >= 0.6 is 11.6 Å². The highest BCUT2D eigenvalue weighted by Crippen LogP contribution is 2.32. The highest BCUT2D eigenvalue weighted by molar-refractivity contribution is 6.28. The van der Waals surface area contributed by atoms with E-state index in [9.17, 15) is 0 Å². The summed E-state index contributed by atoms with van der Waals surface area (Å²) in [6.45, 7) is 3.50. The van der Waals surface area contributed by atoms with Crippen LogP contribution in [0, 0.1) is 0 Å². The highest BCUT2D eigenvalue weighted by Gasteiger charge is 2.28. The van der Waals surface area contributed by atoms with E-state index in [4.69, 9.17) is 11.6 Å². The Morgan fingerprint density at radius 3 is 1.86 bits per heavy atom. The molecule has 1 aliphatic heterocycles. The molecule has 1 aliphatic rings. The van der Waals surface area contributed by atoms with Gasteiger partial charge < -0.3 is 4.90 Å². The van der Waals surface area contributed by atoms with E-state index < -0.39 is 0 Å². The minimum Gasteiger partial charge on any atom is -0.353 e. The van der Waals surface area contributed by atoms with Crippen molar-refractivity contribution in [1.29, 1.82) is 0 Å². The van der Waals surface area contributed by atoms with Gasteiger partial charge in [-0.2, -0.15) is 15.1 Å². The molecule has 2 aromatic heterocycles. The lowest BCUT2D eigenvalue weighted by Gasteiger charge is -2.40. The molecule has 7 heteroatoms. The van der Waals surface area contributed by atoms with Crippen LogP contribution < -0.4 is 4.90 Å². The molecule has 3 aromatic carbocycles. The second-order valence-electron chi connectivity index (χ2n) is 8.69. The second kappa shape index (κ2) is 9.49. The van der Waals surface area contributed by atoms with E-state index in [-0.39, 0.29) is 11.3 Å². The van der Waals surface area contributed by atoms with Gasteiger partial charge in [-0.3, -0.25) is 4.90 Å². The molecule has 6 rings (SSSR count). The molecular weight excluding hydrogens is 456 g/mol. The summed E-state index contributed by atoms with van der Waals surface area (Å²) in [5, 5.41) is 5.75. The Hall–Kier alpha value is -3.74. The molecule has 0 spiro atoms. The van der Waals surface area contributed by atoms with Gasteiger partial charge in [0, 0.05) is 26.2 Å². The zero-order valence-corrected chi connectivity index (χ0v) is 20.0. The standard InChI is InChI=1S/C28H25ClN6/c29-28-31-26(24-20-30-35(27(24)32-28)23-14-8-3-9-15-23)34-18-16-33(17-19-34)25(21-10-4-1-5-11-21)22-12-6-2-7-13-22/h1-15,20,25H,16-19H2. The van der Waals surface area contributed by atoms with Gasteiger partial charge in [-0.15, -0.1) is 0 Å². The van der Waals surface area contributed by atoms with Gasteiger partial charge in [0.15, 0.2) is 5.65 Å². The summed E-state index contributed by atoms with van der Waals surface area (Å²) in [6.07, 6.45) is 1.84. The predicted octanol–water partition coefficient (Wildman–Crippen LogP) is 5.38. The number of anilines is 1. The summed E-state index contributed by atoms with van der Waals surface area (Å²) >= 11 is 6.40. The SMILES string of the molecule is Clc1nc(N2CCN(C(c3ccccc3)c3ccccc3)CC2)c2cnn(-c3ccccc3)c2n1. The van der Waals surface area contributed by atoms with Crippen LogP contribution in [0.5, 0.6) is 0 Å². The van der Waals surface area contributed by atoms with Crippen molar-refractivity contribution >= 4 is 28.5 Å². The molecule has 6 nitrogen and oxygen atoms in total. The molecule has 1 saturated heterocycles. The van der Waals surface area contributed by atoms with Crippen LogP contribution in [0.1, 0.15) is 17.2 Å². The Kier molecular flexibility index (Phi) is 5.90. The Morgan fingerprint density at radius 1 is 0.686 bits per heavy atom. The van der Waals surface area contributed by atoms with Crippen molar-refractivity contribution in [3.8, 4) is 5.69 Å². The second-order valence-corrected chi connectivity index (χ2v) is 9.03. The average molecular weight is 481 g/mol. The molecule has 0 aliphatic carbocycles. The molecule has 0 radical (unpaired) electrons. The maximum absolute atomic E-state index is 6.40. The Labute approximate surface area is 209 Å². The minimum atomic E-state index is 0.217. The summed E-state index contributed by atoms with van der Waals surface area (Å²) in [4.78, 5) is 14.0. The summed E-state index contributed by atoms with van der Waals surface area (Å²) in [5.74, 6) is 0.845. The lowest BCUT2D eigenvalue weighted by atomic mass is 9.96. The third-order valence-electron chi connectivity index (χ3n) is 6.59. The number of nitrogens with zero attached hydrogens (tertiary/aromatic N) is 6. The minimum absolute atomic E-state index is 0.217. The molecule has 0 saturated carbocycles. The van der Waals surface area contributed by atoms with Crippen LogP contribution in [-0.4, -0.2) is 50.8 Å². The van der Waals surface area contributed by atoms with Crippen LogP contribution in [0.3, 0.4) is 0 Å². The van der Waals surface area contributed by atoms with Gasteiger partial charge >= 0.3 is 0 Å². The van der Waals surface area contributed by atoms with E-state index in [2.05, 4.69) is 85.5 Å². The summed E-state index contributed by atoms with van der Waals surface area (Å²) in [6, 6.07) is 31.7. The number of rotatable bonds is 5. The molecule has 0 atom stereocenters. The van der Waals surface area contributed by atoms with E-state index >= 15 is 0 Å². The summed E-state index contributed by atoms with van der Waals surface area (Å²) in [5.41, 5.74) is 4.29. The molecule has 0 bridgehead atoms. The molecule has 0 unspecified atom stereocenters. The highest BCUT2D eigenvalue weighted by atomic mass is 35.5. The number of para-hydroxylation sites is 1. The van der Waals surface area contributed by atoms with Crippen LogP contribution in [0.2, 0.25) is 5.28 Å². The monoisotopic (exact) mass is 480 g/mol. The number of fused-ring (bicyclic) bond motifs is 1. The fraction of sp³-hybridized carbons (Fsp3) is 0.179. The number of hydrogen-bond donors (Lipinski definition) is 0. The fourth-order valence-corrected chi connectivity index (χ4v) is 5.10. The van der Waals surface area contributed by atoms with Gasteiger partial charge in [-0.05, 0) is 34.9 Å². The molecule has 0 amide bonds. The zero-order valence-electron chi connectivity index (χ0n) is 19.2. The largest absolute Gasteiger partial charge is 0.353 e. The molecule has 0 N–H and O–H groups in total. The Bertz CT molecular complexity index is 1370. The maximum Gasteiger partial charge on any atom is 0.226 e. The van der Waals surface area contributed by atoms with Crippen LogP contribution in [0.15, 0.2) is 97.2 Å². The maximum atomic E-state index is 6.40. The number of halogens is 1. The predicted molar refractivity (Wildman–Crippen MR) is 140 cm³/mol. The number of hydrogen-bond acceptors (Lipinski definition) is 5. The molecule has 5 aromatic rings. The van der Waals surface area contributed by atoms with Crippen molar-refractivity contribution in [3.63, 3.8) is 0 Å². The van der Waals surface area contributed by atoms with E-state index in [0.29, 0.717) is 0 Å². The van der Waals surface area contributed by atoms with Crippen LogP contribution in [0.25, 0.3) is 16.7 Å². The fourth-order valence-electron chi connectivity index (χ4n) is 4.94. The first-order valence-corrected chi connectivity index (χ1v) is 12.2. The first kappa shape index (κ1) is 21.8. The quantitative estimate of drug-likeness (QED) is 0.316. The van der Waals surface area contributed by atoms with Crippen molar-refractivity contribution in [2.45, 2.75) is 6.04 Å². The van der Waals surface area contributed by atoms with Gasteiger partial charge in [0.05, 0.1) is 23.3 Å². The van der Waals surface area contributed by atoms with Gasteiger partial charge in [0.2, 0.25) is 5.28 Å². The number of piperazine rings is 1. The van der Waals surface area contributed by atoms with Gasteiger partial charge in [0.25, 0.3) is 0 Å². The van der Waals surface area contributed by atoms with E-state index in [1.807, 2.05) is 41.2 Å². The molecule has 174 valence electrons. The van der Waals surface area contributed by atoms with Crippen molar-refractivity contribution in [1.82, 2.24) is 24.6 Å². The van der Waals surface area contributed by atoms with E-state index in [0.717, 1.165) is 48.7 Å². The Morgan fingerprint density at radius 2 is 1.26 bits per heavy atom. The Balaban J connectivity index is 1.29. The smallest absolute Gasteiger partial charge is 0.226 e. The topological polar surface area (TPSA) is 50.1 Å². The first-order chi connectivity index (χ1) is 17.3. The van der Waals surface area contributed by atoms with Crippen LogP contribution in [0.4, 0.5) is 5.82 Å². The number of benzene rings is 3. The third kappa shape index (κ3) is 4.27. The lowest BCUT2D eigenvalue weighted by Crippen LogP contribution is -2.48. The third-order valence-corrected chi connectivity index (χ3v) is 6.76. The summed E-state index contributed by atoms with van der Waals surface area (Å²) < 4.78 is 1.82. The average Bonchev–Trinajstić information content (AvgIpc) is 3.34. The van der Waals surface area contributed by atoms with Crippen molar-refractivity contribution in [2.75, 3.05) is 31.1 Å². The van der Waals surface area contributed by atoms with E-state index in [1.165, 1.54) is 11.1 Å². The van der Waals surface area contributed by atoms with Crippen molar-refractivity contribution < 1.29 is 0 Å². The van der Waals surface area contributed by atoms with Crippen LogP contribution in [-0.2, 0) is 0 Å². The molecular formula is C28H25ClN6. The first-order valence-electron chi connectivity index (χ1n) is 11.8. The summed E-state index contributed by atoms with van der Waals surface area (Å²) in [7, 11) is 0. The molecule has 3 heterocycles. The zero-order chi connectivity index (χ0) is 23.6. The van der Waals surface area contributed by atoms with Gasteiger partial charge in [0.1, 0.15) is 5.82 Å². The number of aromatic nitrogens is 4. The van der Waals surface area contributed by atoms with Gasteiger partial charge in [-0.1, -0.05) is 78.9 Å². The normalized spacial score (nSPS) is 14.6. The molecule has 35 heavy (non-hydrogen) atoms. The molecule has 1 fully saturated rings.